The maximum absolute atomic E-state index is 5.09. The van der Waals surface area contributed by atoms with Gasteiger partial charge in [0.05, 0.1) is 11.9 Å². The predicted molar refractivity (Wildman–Crippen MR) is 54.2 cm³/mol. The molecule has 68 valence electrons. The van der Waals surface area contributed by atoms with Crippen LogP contribution in [0.1, 0.15) is 5.69 Å². The Morgan fingerprint density at radius 3 is 2.92 bits per heavy atom. The van der Waals surface area contributed by atoms with E-state index in [1.807, 2.05) is 18.3 Å². The van der Waals surface area contributed by atoms with Crippen molar-refractivity contribution in [1.82, 2.24) is 4.57 Å². The maximum Gasteiger partial charge on any atom is 0.211 e. The molecule has 0 atom stereocenters. The van der Waals surface area contributed by atoms with Gasteiger partial charge in [0.1, 0.15) is 0 Å². The highest BCUT2D eigenvalue weighted by molar-refractivity contribution is 5.80. The largest absolute Gasteiger partial charge is 0.369 e. The SMILES string of the molecule is C=Cn1cccc1/C=N/N=C(N)N. The topological polar surface area (TPSA) is 81.7 Å². The molecule has 1 rings (SSSR count). The van der Waals surface area contributed by atoms with Crippen LogP contribution in [-0.2, 0) is 0 Å². The fourth-order valence-electron chi connectivity index (χ4n) is 0.837. The van der Waals surface area contributed by atoms with Crippen LogP contribution in [0.4, 0.5) is 0 Å². The number of hydrogen-bond acceptors (Lipinski definition) is 2. The summed E-state index contributed by atoms with van der Waals surface area (Å²) in [6.07, 6.45) is 5.06. The van der Waals surface area contributed by atoms with Gasteiger partial charge in [0, 0.05) is 12.4 Å². The van der Waals surface area contributed by atoms with Crippen LogP contribution >= 0.6 is 0 Å². The molecule has 1 heterocycles. The van der Waals surface area contributed by atoms with Crippen LogP contribution in [0.2, 0.25) is 0 Å². The summed E-state index contributed by atoms with van der Waals surface area (Å²) < 4.78 is 1.80. The highest BCUT2D eigenvalue weighted by Crippen LogP contribution is 1.98. The summed E-state index contributed by atoms with van der Waals surface area (Å²) in [5.74, 6) is -0.0621. The van der Waals surface area contributed by atoms with Gasteiger partial charge in [-0.25, -0.2) is 0 Å². The Labute approximate surface area is 76.1 Å². The minimum Gasteiger partial charge on any atom is -0.369 e. The molecule has 4 N–H and O–H groups in total. The Balaban J connectivity index is 2.79. The van der Waals surface area contributed by atoms with Crippen LogP contribution in [0.5, 0.6) is 0 Å². The molecule has 0 radical (unpaired) electrons. The number of nitrogens with zero attached hydrogens (tertiary/aromatic N) is 3. The van der Waals surface area contributed by atoms with E-state index in [2.05, 4.69) is 16.8 Å². The molecule has 0 aliphatic heterocycles. The van der Waals surface area contributed by atoms with E-state index in [1.54, 1.807) is 17.0 Å². The van der Waals surface area contributed by atoms with Gasteiger partial charge in [-0.1, -0.05) is 6.58 Å². The normalized spacial score (nSPS) is 10.2. The number of nitrogens with two attached hydrogens (primary N) is 2. The van der Waals surface area contributed by atoms with Crippen LogP contribution < -0.4 is 11.5 Å². The summed E-state index contributed by atoms with van der Waals surface area (Å²) in [5.41, 5.74) is 11.0. The Bertz CT molecular complexity index is 343. The lowest BCUT2D eigenvalue weighted by Gasteiger charge is -1.94. The van der Waals surface area contributed by atoms with Crippen molar-refractivity contribution in [2.45, 2.75) is 0 Å². The molecule has 5 heteroatoms. The second kappa shape index (κ2) is 4.10. The van der Waals surface area contributed by atoms with Crippen molar-refractivity contribution in [3.8, 4) is 0 Å². The quantitative estimate of drug-likeness (QED) is 0.392. The van der Waals surface area contributed by atoms with Crippen LogP contribution in [0.25, 0.3) is 6.20 Å². The molecule has 1 aromatic rings. The zero-order valence-corrected chi connectivity index (χ0v) is 7.09. The fourth-order valence-corrected chi connectivity index (χ4v) is 0.837. The van der Waals surface area contributed by atoms with E-state index in [-0.39, 0.29) is 5.96 Å². The van der Waals surface area contributed by atoms with E-state index in [1.165, 1.54) is 0 Å². The van der Waals surface area contributed by atoms with Crippen molar-refractivity contribution in [3.63, 3.8) is 0 Å². The first-order valence-electron chi connectivity index (χ1n) is 3.65. The molecular formula is C8H11N5. The first kappa shape index (κ1) is 9.05. The minimum atomic E-state index is -0.0621. The Morgan fingerprint density at radius 2 is 2.31 bits per heavy atom. The smallest absolute Gasteiger partial charge is 0.211 e. The minimum absolute atomic E-state index is 0.0621. The van der Waals surface area contributed by atoms with Crippen molar-refractivity contribution < 1.29 is 0 Å². The van der Waals surface area contributed by atoms with E-state index in [0.29, 0.717) is 0 Å². The first-order valence-corrected chi connectivity index (χ1v) is 3.65. The average Bonchev–Trinajstić information content (AvgIpc) is 2.51. The second-order valence-electron chi connectivity index (χ2n) is 2.29. The summed E-state index contributed by atoms with van der Waals surface area (Å²) in [5, 5.41) is 7.14. The number of guanidine groups is 1. The third kappa shape index (κ3) is 2.48. The third-order valence-corrected chi connectivity index (χ3v) is 1.37. The predicted octanol–water partition coefficient (Wildman–Crippen LogP) is 0.196. The molecule has 13 heavy (non-hydrogen) atoms. The molecule has 0 spiro atoms. The van der Waals surface area contributed by atoms with Gasteiger partial charge in [0.2, 0.25) is 5.96 Å². The van der Waals surface area contributed by atoms with Crippen molar-refractivity contribution in [2.24, 2.45) is 21.7 Å². The van der Waals surface area contributed by atoms with Crippen LogP contribution in [0.15, 0.2) is 35.1 Å². The van der Waals surface area contributed by atoms with E-state index < -0.39 is 0 Å². The first-order chi connectivity index (χ1) is 6.24. The third-order valence-electron chi connectivity index (χ3n) is 1.37. The van der Waals surface area contributed by atoms with E-state index in [4.69, 9.17) is 11.5 Å². The number of aromatic nitrogens is 1. The summed E-state index contributed by atoms with van der Waals surface area (Å²) in [6.45, 7) is 3.62. The van der Waals surface area contributed by atoms with Crippen molar-refractivity contribution >= 4 is 18.4 Å². The molecular weight excluding hydrogens is 166 g/mol. The average molecular weight is 177 g/mol. The lowest BCUT2D eigenvalue weighted by molar-refractivity contribution is 1.14. The standard InChI is InChI=1S/C8H11N5/c1-2-13-5-3-4-7(13)6-11-12-8(9)10/h2-6H,1H2,(H4,9,10,12)/b11-6+. The van der Waals surface area contributed by atoms with Gasteiger partial charge < -0.3 is 16.0 Å². The Kier molecular flexibility index (Phi) is 2.86. The number of hydrogen-bond donors (Lipinski definition) is 2. The summed E-state index contributed by atoms with van der Waals surface area (Å²) in [7, 11) is 0. The van der Waals surface area contributed by atoms with Crippen molar-refractivity contribution in [3.05, 3.63) is 30.6 Å². The highest BCUT2D eigenvalue weighted by atomic mass is 15.3. The lowest BCUT2D eigenvalue weighted by Crippen LogP contribution is -2.21. The molecule has 0 unspecified atom stereocenters. The molecule has 0 amide bonds. The fraction of sp³-hybridized carbons (Fsp3) is 0. The van der Waals surface area contributed by atoms with Crippen LogP contribution in [-0.4, -0.2) is 16.7 Å². The van der Waals surface area contributed by atoms with Gasteiger partial charge in [-0.05, 0) is 12.1 Å². The van der Waals surface area contributed by atoms with Gasteiger partial charge in [0.25, 0.3) is 0 Å². The highest BCUT2D eigenvalue weighted by Gasteiger charge is 1.91. The van der Waals surface area contributed by atoms with Gasteiger partial charge in [0.15, 0.2) is 0 Å². The van der Waals surface area contributed by atoms with Gasteiger partial charge >= 0.3 is 0 Å². The Hall–Kier alpha value is -2.04. The second-order valence-corrected chi connectivity index (χ2v) is 2.29. The summed E-state index contributed by atoms with van der Waals surface area (Å²) in [4.78, 5) is 0. The van der Waals surface area contributed by atoms with Gasteiger partial charge in [-0.15, -0.1) is 5.10 Å². The zero-order chi connectivity index (χ0) is 9.68. The Morgan fingerprint density at radius 1 is 1.54 bits per heavy atom. The van der Waals surface area contributed by atoms with Crippen LogP contribution in [0, 0.1) is 0 Å². The molecule has 1 aromatic heterocycles. The molecule has 5 nitrogen and oxygen atoms in total. The molecule has 0 bridgehead atoms. The molecule has 0 saturated heterocycles. The maximum atomic E-state index is 5.09. The summed E-state index contributed by atoms with van der Waals surface area (Å²) in [6, 6.07) is 3.74. The van der Waals surface area contributed by atoms with Crippen molar-refractivity contribution in [1.29, 1.82) is 0 Å². The van der Waals surface area contributed by atoms with Gasteiger partial charge in [-0.3, -0.25) is 0 Å². The molecule has 0 fully saturated rings. The van der Waals surface area contributed by atoms with E-state index >= 15 is 0 Å². The van der Waals surface area contributed by atoms with E-state index in [0.717, 1.165) is 5.69 Å². The number of rotatable bonds is 3. The van der Waals surface area contributed by atoms with Gasteiger partial charge in [-0.2, -0.15) is 5.10 Å². The monoisotopic (exact) mass is 177 g/mol. The van der Waals surface area contributed by atoms with E-state index in [9.17, 15) is 0 Å². The molecule has 0 aromatic carbocycles. The van der Waals surface area contributed by atoms with Crippen molar-refractivity contribution in [2.75, 3.05) is 0 Å². The summed E-state index contributed by atoms with van der Waals surface area (Å²) >= 11 is 0. The van der Waals surface area contributed by atoms with Crippen LogP contribution in [0.3, 0.4) is 0 Å². The molecule has 0 aliphatic carbocycles. The molecule has 0 aliphatic rings. The lowest BCUT2D eigenvalue weighted by atomic mass is 10.5. The molecule has 0 saturated carbocycles. The zero-order valence-electron chi connectivity index (χ0n) is 7.09.